The number of amides is 1. The number of nitrogens with one attached hydrogen (secondary N) is 1. The highest BCUT2D eigenvalue weighted by atomic mass is 19.4. The Kier molecular flexibility index (Phi) is 3.63. The summed E-state index contributed by atoms with van der Waals surface area (Å²) in [4.78, 5) is 12.3. The third kappa shape index (κ3) is 2.81. The van der Waals surface area contributed by atoms with E-state index in [0.717, 1.165) is 16.4 Å². The summed E-state index contributed by atoms with van der Waals surface area (Å²) in [5, 5.41) is 15.9. The number of fused-ring (bicyclic) bond motifs is 1. The van der Waals surface area contributed by atoms with E-state index >= 15 is 0 Å². The summed E-state index contributed by atoms with van der Waals surface area (Å²) in [5.74, 6) is -0.911. The molecule has 5 nitrogen and oxygen atoms in total. The maximum Gasteiger partial charge on any atom is 0.435 e. The molecule has 0 saturated heterocycles. The Morgan fingerprint density at radius 3 is 2.78 bits per heavy atom. The van der Waals surface area contributed by atoms with Gasteiger partial charge < -0.3 is 10.4 Å². The summed E-state index contributed by atoms with van der Waals surface area (Å²) in [6.07, 6.45) is -4.23. The number of benzene rings is 1. The second-order valence-corrected chi connectivity index (χ2v) is 5.48. The standard InChI is InChI=1S/C15H14F3N3O2/c1-21-7-10(13(20-21)15(16,17)18)14(23)19-12-9-5-3-2-4-8(9)6-11(12)22/h2-5,7,11-12,22H,6H2,1H3,(H,19,23)/t11-,12+/m1/s1. The van der Waals surface area contributed by atoms with Gasteiger partial charge in [0.15, 0.2) is 5.69 Å². The largest absolute Gasteiger partial charge is 0.435 e. The van der Waals surface area contributed by atoms with Crippen LogP contribution in [0.4, 0.5) is 13.2 Å². The van der Waals surface area contributed by atoms with E-state index in [-0.39, 0.29) is 0 Å². The molecular weight excluding hydrogens is 311 g/mol. The van der Waals surface area contributed by atoms with Gasteiger partial charge in [0.05, 0.1) is 17.7 Å². The van der Waals surface area contributed by atoms with Crippen molar-refractivity contribution < 1.29 is 23.1 Å². The molecule has 1 heterocycles. The van der Waals surface area contributed by atoms with Gasteiger partial charge in [0.1, 0.15) is 0 Å². The molecule has 3 rings (SSSR count). The van der Waals surface area contributed by atoms with Crippen molar-refractivity contribution in [1.29, 1.82) is 0 Å². The summed E-state index contributed by atoms with van der Waals surface area (Å²) in [5.41, 5.74) is -0.215. The lowest BCUT2D eigenvalue weighted by atomic mass is 10.1. The molecule has 0 saturated carbocycles. The first-order chi connectivity index (χ1) is 10.8. The molecule has 0 spiro atoms. The second kappa shape index (κ2) is 5.38. The smallest absolute Gasteiger partial charge is 0.390 e. The van der Waals surface area contributed by atoms with Gasteiger partial charge in [-0.25, -0.2) is 0 Å². The first-order valence-corrected chi connectivity index (χ1v) is 6.95. The van der Waals surface area contributed by atoms with Gasteiger partial charge in [-0.3, -0.25) is 9.48 Å². The van der Waals surface area contributed by atoms with Crippen LogP contribution in [0, 0.1) is 0 Å². The number of hydrogen-bond acceptors (Lipinski definition) is 3. The van der Waals surface area contributed by atoms with Gasteiger partial charge in [-0.1, -0.05) is 24.3 Å². The molecule has 2 aromatic rings. The van der Waals surface area contributed by atoms with Crippen molar-refractivity contribution in [3.63, 3.8) is 0 Å². The number of aryl methyl sites for hydroxylation is 1. The quantitative estimate of drug-likeness (QED) is 0.885. The third-order valence-electron chi connectivity index (χ3n) is 3.83. The lowest BCUT2D eigenvalue weighted by Gasteiger charge is -2.18. The van der Waals surface area contributed by atoms with Crippen LogP contribution in [-0.2, 0) is 19.6 Å². The molecule has 122 valence electrons. The Hall–Kier alpha value is -2.35. The van der Waals surface area contributed by atoms with Crippen molar-refractivity contribution in [1.82, 2.24) is 15.1 Å². The number of halogens is 3. The van der Waals surface area contributed by atoms with Crippen molar-refractivity contribution in [2.75, 3.05) is 0 Å². The van der Waals surface area contributed by atoms with E-state index in [1.807, 2.05) is 6.07 Å². The number of hydrogen-bond donors (Lipinski definition) is 2. The molecule has 2 N–H and O–H groups in total. The van der Waals surface area contributed by atoms with Gasteiger partial charge in [-0.05, 0) is 11.1 Å². The van der Waals surface area contributed by atoms with Crippen LogP contribution in [0.5, 0.6) is 0 Å². The molecule has 1 aromatic carbocycles. The number of aliphatic hydroxyl groups is 1. The maximum atomic E-state index is 12.9. The predicted molar refractivity (Wildman–Crippen MR) is 74.6 cm³/mol. The zero-order chi connectivity index (χ0) is 16.8. The van der Waals surface area contributed by atoms with Gasteiger partial charge >= 0.3 is 6.18 Å². The van der Waals surface area contributed by atoms with E-state index in [0.29, 0.717) is 12.0 Å². The number of carbonyl (C=O) groups is 1. The maximum absolute atomic E-state index is 12.9. The molecular formula is C15H14F3N3O2. The van der Waals surface area contributed by atoms with Gasteiger partial charge in [-0.15, -0.1) is 0 Å². The molecule has 23 heavy (non-hydrogen) atoms. The topological polar surface area (TPSA) is 67.2 Å². The Bertz CT molecular complexity index is 755. The highest BCUT2D eigenvalue weighted by Crippen LogP contribution is 2.33. The zero-order valence-electron chi connectivity index (χ0n) is 12.1. The lowest BCUT2D eigenvalue weighted by Crippen LogP contribution is -2.34. The number of alkyl halides is 3. The predicted octanol–water partition coefficient (Wildman–Crippen LogP) is 1.83. The minimum absolute atomic E-state index is 0.348. The van der Waals surface area contributed by atoms with E-state index in [4.69, 9.17) is 0 Å². The first kappa shape index (κ1) is 15.5. The van der Waals surface area contributed by atoms with Crippen LogP contribution >= 0.6 is 0 Å². The van der Waals surface area contributed by atoms with E-state index in [1.54, 1.807) is 18.2 Å². The van der Waals surface area contributed by atoms with Gasteiger partial charge in [-0.2, -0.15) is 18.3 Å². The van der Waals surface area contributed by atoms with E-state index < -0.39 is 35.5 Å². The van der Waals surface area contributed by atoms with Gasteiger partial charge in [0, 0.05) is 19.7 Å². The van der Waals surface area contributed by atoms with Crippen LogP contribution in [0.2, 0.25) is 0 Å². The number of rotatable bonds is 2. The molecule has 1 aliphatic rings. The lowest BCUT2D eigenvalue weighted by molar-refractivity contribution is -0.141. The summed E-state index contributed by atoms with van der Waals surface area (Å²) >= 11 is 0. The highest BCUT2D eigenvalue weighted by molar-refractivity contribution is 5.95. The van der Waals surface area contributed by atoms with Crippen molar-refractivity contribution >= 4 is 5.91 Å². The number of carbonyl (C=O) groups excluding carboxylic acids is 1. The first-order valence-electron chi connectivity index (χ1n) is 6.95. The highest BCUT2D eigenvalue weighted by Gasteiger charge is 2.40. The van der Waals surface area contributed by atoms with Crippen molar-refractivity contribution in [2.45, 2.75) is 24.7 Å². The van der Waals surface area contributed by atoms with Crippen molar-refractivity contribution in [3.05, 3.63) is 52.8 Å². The van der Waals surface area contributed by atoms with E-state index in [2.05, 4.69) is 10.4 Å². The monoisotopic (exact) mass is 325 g/mol. The third-order valence-corrected chi connectivity index (χ3v) is 3.83. The molecule has 8 heteroatoms. The normalized spacial score (nSPS) is 20.4. The fraction of sp³-hybridized carbons (Fsp3) is 0.333. The summed E-state index contributed by atoms with van der Waals surface area (Å²) in [6.45, 7) is 0. The van der Waals surface area contributed by atoms with Crippen molar-refractivity contribution in [3.8, 4) is 0 Å². The molecule has 0 bridgehead atoms. The van der Waals surface area contributed by atoms with Gasteiger partial charge in [0.2, 0.25) is 0 Å². The summed E-state index contributed by atoms with van der Waals surface area (Å²) in [6, 6.07) is 6.38. The second-order valence-electron chi connectivity index (χ2n) is 5.48. The van der Waals surface area contributed by atoms with Crippen LogP contribution in [0.15, 0.2) is 30.5 Å². The Morgan fingerprint density at radius 2 is 2.09 bits per heavy atom. The Labute approximate surface area is 129 Å². The number of aromatic nitrogens is 2. The molecule has 0 radical (unpaired) electrons. The number of aliphatic hydroxyl groups excluding tert-OH is 1. The van der Waals surface area contributed by atoms with Crippen LogP contribution in [0.1, 0.15) is 33.2 Å². The van der Waals surface area contributed by atoms with E-state index in [1.165, 1.54) is 7.05 Å². The van der Waals surface area contributed by atoms with Crippen molar-refractivity contribution in [2.24, 2.45) is 7.05 Å². The Balaban J connectivity index is 1.89. The molecule has 2 atom stereocenters. The van der Waals surface area contributed by atoms with Crippen LogP contribution in [-0.4, -0.2) is 26.9 Å². The summed E-state index contributed by atoms with van der Waals surface area (Å²) < 4.78 is 39.8. The van der Waals surface area contributed by atoms with Crippen LogP contribution in [0.25, 0.3) is 0 Å². The molecule has 0 aliphatic heterocycles. The van der Waals surface area contributed by atoms with Crippen LogP contribution < -0.4 is 5.32 Å². The van der Waals surface area contributed by atoms with E-state index in [9.17, 15) is 23.1 Å². The molecule has 1 amide bonds. The summed E-state index contributed by atoms with van der Waals surface area (Å²) in [7, 11) is 1.31. The molecule has 0 fully saturated rings. The average Bonchev–Trinajstić information content (AvgIpc) is 3.00. The molecule has 0 unspecified atom stereocenters. The minimum atomic E-state index is -4.72. The number of nitrogens with zero attached hydrogens (tertiary/aromatic N) is 2. The average molecular weight is 325 g/mol. The fourth-order valence-electron chi connectivity index (χ4n) is 2.83. The molecule has 1 aliphatic carbocycles. The van der Waals surface area contributed by atoms with Crippen LogP contribution in [0.3, 0.4) is 0 Å². The zero-order valence-corrected chi connectivity index (χ0v) is 12.1. The Morgan fingerprint density at radius 1 is 1.39 bits per heavy atom. The fourth-order valence-corrected chi connectivity index (χ4v) is 2.83. The minimum Gasteiger partial charge on any atom is -0.390 e. The molecule has 1 aromatic heterocycles. The SMILES string of the molecule is Cn1cc(C(=O)N[C@H]2c3ccccc3C[C@H]2O)c(C(F)(F)F)n1. The van der Waals surface area contributed by atoms with Gasteiger partial charge in [0.25, 0.3) is 5.91 Å².